The summed E-state index contributed by atoms with van der Waals surface area (Å²) in [6, 6.07) is 1.27. The van der Waals surface area contributed by atoms with E-state index in [2.05, 4.69) is 4.90 Å². The van der Waals surface area contributed by atoms with Gasteiger partial charge in [-0.3, -0.25) is 4.79 Å². The fourth-order valence-electron chi connectivity index (χ4n) is 3.76. The van der Waals surface area contributed by atoms with Crippen LogP contribution in [-0.2, 0) is 6.54 Å². The molecule has 1 aromatic heterocycles. The molecule has 1 unspecified atom stereocenters. The van der Waals surface area contributed by atoms with Gasteiger partial charge in [-0.15, -0.1) is 0 Å². The fraction of sp³-hybridized carbons (Fsp3) is 0.474. The second-order valence-electron chi connectivity index (χ2n) is 7.05. The van der Waals surface area contributed by atoms with Crippen molar-refractivity contribution in [2.75, 3.05) is 45.9 Å². The molecule has 1 aliphatic heterocycles. The number of anilines is 1. The van der Waals surface area contributed by atoms with E-state index >= 15 is 4.39 Å². The number of pyridine rings is 1. The molecule has 7 nitrogen and oxygen atoms in total. The van der Waals surface area contributed by atoms with Crippen molar-refractivity contribution in [1.29, 1.82) is 0 Å². The first-order chi connectivity index (χ1) is 13.3. The predicted octanol–water partition coefficient (Wildman–Crippen LogP) is 1.96. The molecule has 0 spiro atoms. The zero-order valence-electron chi connectivity index (χ0n) is 16.0. The molecule has 3 rings (SSSR count). The molecule has 0 radical (unpaired) electrons. The van der Waals surface area contributed by atoms with Crippen molar-refractivity contribution in [3.8, 4) is 5.75 Å². The smallest absolute Gasteiger partial charge is 0.341 e. The lowest BCUT2D eigenvalue weighted by Crippen LogP contribution is -2.32. The number of rotatable bonds is 6. The van der Waals surface area contributed by atoms with E-state index < -0.39 is 29.5 Å². The maximum Gasteiger partial charge on any atom is 0.341 e. The number of aromatic carboxylic acids is 1. The van der Waals surface area contributed by atoms with Crippen LogP contribution in [0.5, 0.6) is 5.75 Å². The summed E-state index contributed by atoms with van der Waals surface area (Å²) >= 11 is 0. The Bertz CT molecular complexity index is 974. The molecule has 0 saturated carbocycles. The summed E-state index contributed by atoms with van der Waals surface area (Å²) in [5.74, 6) is -2.01. The van der Waals surface area contributed by atoms with Crippen LogP contribution in [0.15, 0.2) is 17.1 Å². The predicted molar refractivity (Wildman–Crippen MR) is 102 cm³/mol. The maximum atomic E-state index is 15.1. The van der Waals surface area contributed by atoms with Gasteiger partial charge in [0.05, 0.1) is 24.6 Å². The van der Waals surface area contributed by atoms with E-state index in [1.54, 1.807) is 0 Å². The van der Waals surface area contributed by atoms with Crippen molar-refractivity contribution in [1.82, 2.24) is 9.47 Å². The first-order valence-corrected chi connectivity index (χ1v) is 8.94. The normalized spacial score (nSPS) is 16.9. The number of ether oxygens (including phenoxy) is 1. The summed E-state index contributed by atoms with van der Waals surface area (Å²) in [4.78, 5) is 27.9. The maximum absolute atomic E-state index is 15.1. The van der Waals surface area contributed by atoms with E-state index in [-0.39, 0.29) is 34.9 Å². The largest absolute Gasteiger partial charge is 0.492 e. The van der Waals surface area contributed by atoms with Gasteiger partial charge in [-0.1, -0.05) is 0 Å². The van der Waals surface area contributed by atoms with Gasteiger partial charge in [0.1, 0.15) is 17.9 Å². The highest BCUT2D eigenvalue weighted by Gasteiger charge is 2.31. The van der Waals surface area contributed by atoms with Crippen molar-refractivity contribution in [3.05, 3.63) is 33.9 Å². The molecule has 1 saturated heterocycles. The number of hydrogen-bond donors (Lipinski definition) is 1. The minimum absolute atomic E-state index is 0.108. The number of carboxylic acid groups (broad SMARTS) is 1. The zero-order chi connectivity index (χ0) is 20.6. The van der Waals surface area contributed by atoms with Crippen LogP contribution < -0.4 is 15.1 Å². The van der Waals surface area contributed by atoms with Crippen molar-refractivity contribution in [3.63, 3.8) is 0 Å². The number of aromatic nitrogens is 1. The number of hydrogen-bond acceptors (Lipinski definition) is 5. The summed E-state index contributed by atoms with van der Waals surface area (Å²) in [6.07, 6.45) is 1.92. The van der Waals surface area contributed by atoms with Crippen LogP contribution in [0.25, 0.3) is 10.9 Å². The summed E-state index contributed by atoms with van der Waals surface area (Å²) in [7, 11) is 5.26. The molecular weight excluding hydrogens is 372 g/mol. The summed E-state index contributed by atoms with van der Waals surface area (Å²) in [5.41, 5.74) is -0.966. The molecular formula is C19H23F2N3O4. The van der Waals surface area contributed by atoms with E-state index in [1.807, 2.05) is 19.0 Å². The highest BCUT2D eigenvalue weighted by atomic mass is 19.1. The minimum Gasteiger partial charge on any atom is -0.492 e. The van der Waals surface area contributed by atoms with Gasteiger partial charge in [-0.25, -0.2) is 13.6 Å². The van der Waals surface area contributed by atoms with Crippen LogP contribution in [0.1, 0.15) is 16.8 Å². The molecule has 1 aromatic carbocycles. The van der Waals surface area contributed by atoms with E-state index in [9.17, 15) is 19.1 Å². The molecule has 1 atom stereocenters. The highest BCUT2D eigenvalue weighted by Crippen LogP contribution is 2.39. The number of likely N-dealkylation sites (N-methyl/N-ethyl adjacent to an activating group) is 1. The van der Waals surface area contributed by atoms with Crippen LogP contribution in [0.4, 0.5) is 14.5 Å². The second-order valence-corrected chi connectivity index (χ2v) is 7.05. The van der Waals surface area contributed by atoms with E-state index in [1.165, 1.54) is 11.7 Å². The first kappa shape index (κ1) is 20.1. The van der Waals surface area contributed by atoms with Crippen molar-refractivity contribution < 1.29 is 23.4 Å². The Kier molecular flexibility index (Phi) is 5.55. The lowest BCUT2D eigenvalue weighted by Gasteiger charge is -2.25. The number of methoxy groups -OCH3 is 1. The molecule has 0 bridgehead atoms. The number of carbonyl (C=O) groups is 1. The first-order valence-electron chi connectivity index (χ1n) is 8.94. The number of carboxylic acids is 1. The lowest BCUT2D eigenvalue weighted by molar-refractivity contribution is 0.0694. The average molecular weight is 395 g/mol. The number of alkyl halides is 1. The topological polar surface area (TPSA) is 75.0 Å². The summed E-state index contributed by atoms with van der Waals surface area (Å²) < 4.78 is 35.0. The van der Waals surface area contributed by atoms with Gasteiger partial charge in [-0.2, -0.15) is 0 Å². The number of fused-ring (bicyclic) bond motifs is 1. The molecule has 9 heteroatoms. The number of halogens is 2. The Labute approximate surface area is 160 Å². The SMILES string of the molecule is COc1c(N2CCC(N(C)C)C2)c(F)cc2c(=O)c(C(=O)O)cn(CCF)c12. The van der Waals surface area contributed by atoms with Crippen molar-refractivity contribution >= 4 is 22.6 Å². The van der Waals surface area contributed by atoms with Crippen LogP contribution in [0.3, 0.4) is 0 Å². The Morgan fingerprint density at radius 2 is 2.14 bits per heavy atom. The van der Waals surface area contributed by atoms with Gasteiger partial charge < -0.3 is 24.2 Å². The highest BCUT2D eigenvalue weighted by molar-refractivity contribution is 5.97. The van der Waals surface area contributed by atoms with E-state index in [0.717, 1.165) is 18.7 Å². The van der Waals surface area contributed by atoms with Gasteiger partial charge in [0.15, 0.2) is 11.6 Å². The van der Waals surface area contributed by atoms with Crippen LogP contribution >= 0.6 is 0 Å². The Morgan fingerprint density at radius 3 is 2.68 bits per heavy atom. The van der Waals surface area contributed by atoms with E-state index in [0.29, 0.717) is 13.1 Å². The average Bonchev–Trinajstić information content (AvgIpc) is 3.12. The van der Waals surface area contributed by atoms with Crippen LogP contribution in [-0.4, -0.2) is 67.6 Å². The lowest BCUT2D eigenvalue weighted by atomic mass is 10.1. The molecule has 1 fully saturated rings. The molecule has 0 aliphatic carbocycles. The number of aryl methyl sites for hydroxylation is 1. The molecule has 1 aliphatic rings. The van der Waals surface area contributed by atoms with Gasteiger partial charge in [0.25, 0.3) is 0 Å². The second kappa shape index (κ2) is 7.75. The van der Waals surface area contributed by atoms with Gasteiger partial charge in [-0.05, 0) is 26.6 Å². The number of benzene rings is 1. The molecule has 1 N–H and O–H groups in total. The molecule has 28 heavy (non-hydrogen) atoms. The van der Waals surface area contributed by atoms with Crippen molar-refractivity contribution in [2.24, 2.45) is 0 Å². The monoisotopic (exact) mass is 395 g/mol. The Balaban J connectivity index is 2.29. The molecule has 0 amide bonds. The van der Waals surface area contributed by atoms with Gasteiger partial charge in [0, 0.05) is 25.3 Å². The number of nitrogens with zero attached hydrogens (tertiary/aromatic N) is 3. The summed E-state index contributed by atoms with van der Waals surface area (Å²) in [5, 5.41) is 9.13. The van der Waals surface area contributed by atoms with Crippen LogP contribution in [0, 0.1) is 5.82 Å². The third-order valence-corrected chi connectivity index (χ3v) is 5.21. The van der Waals surface area contributed by atoms with Gasteiger partial charge >= 0.3 is 5.97 Å². The molecule has 2 heterocycles. The third-order valence-electron chi connectivity index (χ3n) is 5.21. The van der Waals surface area contributed by atoms with Gasteiger partial charge in [0.2, 0.25) is 5.43 Å². The van der Waals surface area contributed by atoms with E-state index in [4.69, 9.17) is 4.74 Å². The van der Waals surface area contributed by atoms with Crippen LogP contribution in [0.2, 0.25) is 0 Å². The fourth-order valence-corrected chi connectivity index (χ4v) is 3.76. The van der Waals surface area contributed by atoms with Crippen molar-refractivity contribution in [2.45, 2.75) is 19.0 Å². The minimum atomic E-state index is -1.45. The third kappa shape index (κ3) is 3.30. The molecule has 152 valence electrons. The Hall–Kier alpha value is -2.68. The summed E-state index contributed by atoms with van der Waals surface area (Å²) in [6.45, 7) is 0.215. The standard InChI is InChI=1S/C19H23F2N3O4/c1-22(2)11-4-6-23(9-11)16-14(21)8-12-15(18(16)28-3)24(7-5-20)10-13(17(12)25)19(26)27/h8,10-11H,4-7,9H2,1-3H3,(H,26,27). The molecule has 2 aromatic rings. The zero-order valence-corrected chi connectivity index (χ0v) is 16.0. The Morgan fingerprint density at radius 1 is 1.43 bits per heavy atom. The quantitative estimate of drug-likeness (QED) is 0.806.